The Morgan fingerprint density at radius 1 is 1.07 bits per heavy atom. The summed E-state index contributed by atoms with van der Waals surface area (Å²) in [7, 11) is 2.32. The molecule has 0 aliphatic heterocycles. The van der Waals surface area contributed by atoms with Gasteiger partial charge in [-0.2, -0.15) is 0 Å². The lowest BCUT2D eigenvalue weighted by molar-refractivity contribution is 0.153. The normalized spacial score (nSPS) is 33.8. The van der Waals surface area contributed by atoms with Gasteiger partial charge in [0, 0.05) is 18.0 Å². The van der Waals surface area contributed by atoms with Crippen LogP contribution in [-0.4, -0.2) is 29.9 Å². The third-order valence-electron chi connectivity index (χ3n) is 4.17. The first-order valence-electron chi connectivity index (χ1n) is 6.60. The van der Waals surface area contributed by atoms with Crippen LogP contribution in [-0.2, 0) is 0 Å². The molecular formula is C13H24ClN. The molecule has 0 bridgehead atoms. The Bertz CT molecular complexity index is 181. The molecule has 2 heteroatoms. The minimum absolute atomic E-state index is 0.484. The van der Waals surface area contributed by atoms with Gasteiger partial charge in [-0.3, -0.25) is 0 Å². The largest absolute Gasteiger partial charge is 0.303 e. The van der Waals surface area contributed by atoms with Crippen LogP contribution in [0.5, 0.6) is 0 Å². The van der Waals surface area contributed by atoms with E-state index in [-0.39, 0.29) is 0 Å². The van der Waals surface area contributed by atoms with E-state index >= 15 is 0 Å². The Morgan fingerprint density at radius 3 is 2.20 bits per heavy atom. The highest BCUT2D eigenvalue weighted by atomic mass is 35.5. The second kappa shape index (κ2) is 5.54. The number of nitrogens with zero attached hydrogens (tertiary/aromatic N) is 1. The highest BCUT2D eigenvalue weighted by Gasteiger charge is 2.29. The van der Waals surface area contributed by atoms with E-state index in [0.29, 0.717) is 5.38 Å². The van der Waals surface area contributed by atoms with Crippen molar-refractivity contribution in [3.8, 4) is 0 Å². The summed E-state index contributed by atoms with van der Waals surface area (Å²) >= 11 is 6.02. The minimum Gasteiger partial charge on any atom is -0.303 e. The Morgan fingerprint density at radius 2 is 1.67 bits per heavy atom. The summed E-state index contributed by atoms with van der Waals surface area (Å²) in [6.45, 7) is 1.29. The predicted molar refractivity (Wildman–Crippen MR) is 66.5 cm³/mol. The topological polar surface area (TPSA) is 3.24 Å². The van der Waals surface area contributed by atoms with Gasteiger partial charge in [0.05, 0.1) is 0 Å². The van der Waals surface area contributed by atoms with E-state index < -0.39 is 0 Å². The van der Waals surface area contributed by atoms with E-state index in [1.807, 2.05) is 0 Å². The number of hydrogen-bond acceptors (Lipinski definition) is 1. The summed E-state index contributed by atoms with van der Waals surface area (Å²) < 4.78 is 0. The molecule has 0 unspecified atom stereocenters. The van der Waals surface area contributed by atoms with Gasteiger partial charge >= 0.3 is 0 Å². The standard InChI is InChI=1S/C13H24ClN/c1-15(10-11-8-12(14)9-11)13-6-4-2-3-5-7-13/h11-13H,2-10H2,1H3. The molecule has 88 valence electrons. The lowest BCUT2D eigenvalue weighted by Gasteiger charge is -2.37. The van der Waals surface area contributed by atoms with Crippen LogP contribution < -0.4 is 0 Å². The van der Waals surface area contributed by atoms with Crippen LogP contribution in [0.2, 0.25) is 0 Å². The van der Waals surface area contributed by atoms with Crippen molar-refractivity contribution in [1.82, 2.24) is 4.90 Å². The van der Waals surface area contributed by atoms with Crippen LogP contribution in [0.4, 0.5) is 0 Å². The fraction of sp³-hybridized carbons (Fsp3) is 1.00. The lowest BCUT2D eigenvalue weighted by atomic mass is 9.84. The van der Waals surface area contributed by atoms with E-state index in [9.17, 15) is 0 Å². The van der Waals surface area contributed by atoms with Gasteiger partial charge in [0.1, 0.15) is 0 Å². The minimum atomic E-state index is 0.484. The summed E-state index contributed by atoms with van der Waals surface area (Å²) in [5.41, 5.74) is 0. The third-order valence-corrected chi connectivity index (χ3v) is 4.53. The molecule has 0 spiro atoms. The van der Waals surface area contributed by atoms with Crippen molar-refractivity contribution < 1.29 is 0 Å². The third kappa shape index (κ3) is 3.35. The number of hydrogen-bond donors (Lipinski definition) is 0. The Hall–Kier alpha value is 0.250. The molecule has 2 rings (SSSR count). The molecular weight excluding hydrogens is 206 g/mol. The first-order chi connectivity index (χ1) is 7.25. The van der Waals surface area contributed by atoms with Gasteiger partial charge in [0.2, 0.25) is 0 Å². The Balaban J connectivity index is 1.71. The zero-order chi connectivity index (χ0) is 10.7. The molecule has 0 atom stereocenters. The maximum absolute atomic E-state index is 6.02. The summed E-state index contributed by atoms with van der Waals surface area (Å²) in [6, 6.07) is 0.863. The SMILES string of the molecule is CN(CC1CC(Cl)C1)C1CCCCCC1. The fourth-order valence-corrected chi connectivity index (χ4v) is 3.56. The molecule has 2 saturated carbocycles. The van der Waals surface area contributed by atoms with Crippen LogP contribution in [0, 0.1) is 5.92 Å². The quantitative estimate of drug-likeness (QED) is 0.528. The number of halogens is 1. The molecule has 2 aliphatic carbocycles. The maximum atomic E-state index is 6.02. The van der Waals surface area contributed by atoms with Gasteiger partial charge < -0.3 is 4.90 Å². The van der Waals surface area contributed by atoms with E-state index in [4.69, 9.17) is 11.6 Å². The zero-order valence-electron chi connectivity index (χ0n) is 9.92. The summed E-state index contributed by atoms with van der Waals surface area (Å²) in [4.78, 5) is 2.61. The van der Waals surface area contributed by atoms with Crippen molar-refractivity contribution in [3.05, 3.63) is 0 Å². The molecule has 2 aliphatic rings. The van der Waals surface area contributed by atoms with Crippen LogP contribution in [0.1, 0.15) is 51.4 Å². The molecule has 15 heavy (non-hydrogen) atoms. The smallest absolute Gasteiger partial charge is 0.0342 e. The van der Waals surface area contributed by atoms with E-state index in [2.05, 4.69) is 11.9 Å². The molecule has 0 heterocycles. The van der Waals surface area contributed by atoms with Gasteiger partial charge in [0.15, 0.2) is 0 Å². The van der Waals surface area contributed by atoms with Crippen molar-refractivity contribution in [2.75, 3.05) is 13.6 Å². The lowest BCUT2D eigenvalue weighted by Crippen LogP contribution is -2.40. The van der Waals surface area contributed by atoms with E-state index in [1.54, 1.807) is 0 Å². The molecule has 0 saturated heterocycles. The molecule has 0 aromatic rings. The maximum Gasteiger partial charge on any atom is 0.0342 e. The predicted octanol–water partition coefficient (Wildman–Crippen LogP) is 3.66. The van der Waals surface area contributed by atoms with Gasteiger partial charge in [-0.05, 0) is 38.6 Å². The molecule has 2 fully saturated rings. The molecule has 0 amide bonds. The van der Waals surface area contributed by atoms with Gasteiger partial charge in [-0.1, -0.05) is 25.7 Å². The Labute approximate surface area is 99.2 Å². The molecule has 0 aromatic heterocycles. The summed E-state index contributed by atoms with van der Waals surface area (Å²) in [5, 5.41) is 0.484. The number of alkyl halides is 1. The summed E-state index contributed by atoms with van der Waals surface area (Å²) in [5.74, 6) is 0.890. The molecule has 1 nitrogen and oxygen atoms in total. The average Bonchev–Trinajstić information content (AvgIpc) is 2.43. The molecule has 0 N–H and O–H groups in total. The van der Waals surface area contributed by atoms with Crippen LogP contribution >= 0.6 is 11.6 Å². The van der Waals surface area contributed by atoms with Gasteiger partial charge in [-0.25, -0.2) is 0 Å². The van der Waals surface area contributed by atoms with Crippen LogP contribution in [0.3, 0.4) is 0 Å². The first kappa shape index (κ1) is 11.7. The first-order valence-corrected chi connectivity index (χ1v) is 7.03. The van der Waals surface area contributed by atoms with E-state index in [0.717, 1.165) is 12.0 Å². The van der Waals surface area contributed by atoms with Crippen molar-refractivity contribution in [2.45, 2.75) is 62.8 Å². The van der Waals surface area contributed by atoms with Gasteiger partial charge in [0.25, 0.3) is 0 Å². The van der Waals surface area contributed by atoms with Crippen molar-refractivity contribution in [1.29, 1.82) is 0 Å². The molecule has 0 aromatic carbocycles. The van der Waals surface area contributed by atoms with Crippen molar-refractivity contribution in [3.63, 3.8) is 0 Å². The monoisotopic (exact) mass is 229 g/mol. The van der Waals surface area contributed by atoms with Crippen molar-refractivity contribution >= 4 is 11.6 Å². The van der Waals surface area contributed by atoms with Gasteiger partial charge in [-0.15, -0.1) is 11.6 Å². The van der Waals surface area contributed by atoms with Crippen LogP contribution in [0.15, 0.2) is 0 Å². The number of rotatable bonds is 3. The summed E-state index contributed by atoms with van der Waals surface area (Å²) in [6.07, 6.45) is 11.1. The van der Waals surface area contributed by atoms with Crippen LogP contribution in [0.25, 0.3) is 0 Å². The Kier molecular flexibility index (Phi) is 4.33. The highest BCUT2D eigenvalue weighted by Crippen LogP contribution is 2.33. The van der Waals surface area contributed by atoms with E-state index in [1.165, 1.54) is 57.9 Å². The molecule has 0 radical (unpaired) electrons. The fourth-order valence-electron chi connectivity index (χ4n) is 3.06. The second-order valence-corrected chi connectivity index (χ2v) is 6.14. The zero-order valence-corrected chi connectivity index (χ0v) is 10.7. The second-order valence-electron chi connectivity index (χ2n) is 5.52. The highest BCUT2D eigenvalue weighted by molar-refractivity contribution is 6.21. The van der Waals surface area contributed by atoms with Crippen molar-refractivity contribution in [2.24, 2.45) is 5.92 Å². The average molecular weight is 230 g/mol.